The molecule has 2 N–H and O–H groups in total. The number of aliphatic hydroxyl groups excluding tert-OH is 1. The van der Waals surface area contributed by atoms with Crippen molar-refractivity contribution < 1.29 is 24.2 Å². The molecule has 6 heteroatoms. The topological polar surface area (TPSA) is 80.3 Å². The summed E-state index contributed by atoms with van der Waals surface area (Å²) < 4.78 is 11.3. The summed E-state index contributed by atoms with van der Waals surface area (Å²) in [6, 6.07) is 0.0288. The second kappa shape index (κ2) is 14.8. The first-order chi connectivity index (χ1) is 16.2. The van der Waals surface area contributed by atoms with Crippen molar-refractivity contribution in [2.45, 2.75) is 111 Å². The van der Waals surface area contributed by atoms with E-state index in [4.69, 9.17) is 14.3 Å². The third-order valence-corrected chi connectivity index (χ3v) is 6.98. The van der Waals surface area contributed by atoms with Crippen LogP contribution >= 0.6 is 0 Å². The zero-order chi connectivity index (χ0) is 25.1. The van der Waals surface area contributed by atoms with E-state index in [1.807, 2.05) is 13.0 Å². The van der Waals surface area contributed by atoms with Gasteiger partial charge < -0.3 is 19.4 Å². The zero-order valence-electron chi connectivity index (χ0n) is 22.0. The standard InChI is InChI=1S/C28H47NO5/c1-7-25(31)22(5)28-26(34-28)18-19(2)12-11-13-20(3)27-21(4)15-16-24(33-23(6)30)14-9-8-10-17-32-29-27/h11-13,15-16,19,21-22,24-29,31H,7-10,14,17-18H2,1-6H3/t19-,21+,22-,24?,25+,26-,27-,28-/m1/s1. The van der Waals surface area contributed by atoms with Crippen molar-refractivity contribution >= 4 is 5.97 Å². The molecule has 1 unspecified atom stereocenters. The van der Waals surface area contributed by atoms with Crippen LogP contribution in [0.2, 0.25) is 0 Å². The van der Waals surface area contributed by atoms with Crippen LogP contribution in [0.15, 0.2) is 36.0 Å². The lowest BCUT2D eigenvalue weighted by Crippen LogP contribution is -2.36. The van der Waals surface area contributed by atoms with Gasteiger partial charge in [-0.2, -0.15) is 5.48 Å². The number of allylic oxidation sites excluding steroid dienone is 3. The number of esters is 1. The lowest BCUT2D eigenvalue weighted by atomic mass is 9.93. The van der Waals surface area contributed by atoms with E-state index in [9.17, 15) is 9.90 Å². The van der Waals surface area contributed by atoms with Gasteiger partial charge in [-0.25, -0.2) is 0 Å². The first-order valence-corrected chi connectivity index (χ1v) is 13.1. The lowest BCUT2D eigenvalue weighted by Gasteiger charge is -2.25. The monoisotopic (exact) mass is 477 g/mol. The van der Waals surface area contributed by atoms with Crippen LogP contribution in [0.3, 0.4) is 0 Å². The summed E-state index contributed by atoms with van der Waals surface area (Å²) in [5.74, 6) is 0.524. The summed E-state index contributed by atoms with van der Waals surface area (Å²) >= 11 is 0. The molecular formula is C28H47NO5. The number of nitrogens with one attached hydrogen (secondary N) is 1. The van der Waals surface area contributed by atoms with Crippen molar-refractivity contribution in [1.29, 1.82) is 0 Å². The molecule has 0 bridgehead atoms. The first kappa shape index (κ1) is 28.8. The van der Waals surface area contributed by atoms with Crippen LogP contribution < -0.4 is 5.48 Å². The molecule has 0 aromatic carbocycles. The molecular weight excluding hydrogens is 430 g/mol. The molecule has 2 rings (SSSR count). The number of hydrogen-bond acceptors (Lipinski definition) is 6. The number of hydroxylamine groups is 1. The van der Waals surface area contributed by atoms with Crippen molar-refractivity contribution in [1.82, 2.24) is 5.48 Å². The summed E-state index contributed by atoms with van der Waals surface area (Å²) in [7, 11) is 0. The van der Waals surface area contributed by atoms with Crippen molar-refractivity contribution in [3.8, 4) is 0 Å². The van der Waals surface area contributed by atoms with Crippen molar-refractivity contribution in [3.63, 3.8) is 0 Å². The van der Waals surface area contributed by atoms with Gasteiger partial charge in [0.25, 0.3) is 0 Å². The fourth-order valence-electron chi connectivity index (χ4n) is 4.62. The number of carbonyl (C=O) groups excluding carboxylic acids is 1. The van der Waals surface area contributed by atoms with Gasteiger partial charge in [-0.05, 0) is 56.9 Å². The maximum Gasteiger partial charge on any atom is 0.303 e. The summed E-state index contributed by atoms with van der Waals surface area (Å²) in [4.78, 5) is 17.2. The Labute approximate surface area is 206 Å². The molecule has 0 aromatic heterocycles. The minimum absolute atomic E-state index is 0.0288. The number of carbonyl (C=O) groups is 1. The molecule has 0 spiro atoms. The van der Waals surface area contributed by atoms with Crippen LogP contribution in [0.4, 0.5) is 0 Å². The average molecular weight is 478 g/mol. The molecule has 6 nitrogen and oxygen atoms in total. The second-order valence-corrected chi connectivity index (χ2v) is 10.2. The highest BCUT2D eigenvalue weighted by Crippen LogP contribution is 2.36. The first-order valence-electron chi connectivity index (χ1n) is 13.1. The fraction of sp³-hybridized carbons (Fsp3) is 0.750. The molecule has 1 fully saturated rings. The molecule has 34 heavy (non-hydrogen) atoms. The second-order valence-electron chi connectivity index (χ2n) is 10.2. The maximum absolute atomic E-state index is 11.5. The van der Waals surface area contributed by atoms with Gasteiger partial charge >= 0.3 is 5.97 Å². The van der Waals surface area contributed by atoms with E-state index in [0.29, 0.717) is 12.5 Å². The largest absolute Gasteiger partial charge is 0.458 e. The number of rotatable bonds is 9. The average Bonchev–Trinajstić information content (AvgIpc) is 3.55. The Hall–Kier alpha value is -1.47. The SMILES string of the molecule is CC[C@H](O)[C@@H](C)[C@H]1O[C@@H]1C[C@H](C)C=CC=C(C)[C@H]1NOCCCCCC(OC(C)=O)C=C[C@@H]1C. The molecule has 194 valence electrons. The summed E-state index contributed by atoms with van der Waals surface area (Å²) in [5, 5.41) is 10.0. The van der Waals surface area contributed by atoms with E-state index in [1.54, 1.807) is 0 Å². The molecule has 2 heterocycles. The molecule has 2 aliphatic heterocycles. The maximum atomic E-state index is 11.5. The normalized spacial score (nSPS) is 31.9. The van der Waals surface area contributed by atoms with E-state index in [2.05, 4.69) is 57.5 Å². The molecule has 0 aliphatic carbocycles. The Morgan fingerprint density at radius 3 is 2.71 bits per heavy atom. The highest BCUT2D eigenvalue weighted by Gasteiger charge is 2.44. The zero-order valence-corrected chi connectivity index (χ0v) is 22.0. The van der Waals surface area contributed by atoms with E-state index >= 15 is 0 Å². The van der Waals surface area contributed by atoms with Crippen molar-refractivity contribution in [2.75, 3.05) is 6.61 Å². The predicted octanol–water partition coefficient (Wildman–Crippen LogP) is 5.28. The van der Waals surface area contributed by atoms with Crippen LogP contribution in [-0.4, -0.2) is 48.1 Å². The Morgan fingerprint density at radius 2 is 2.00 bits per heavy atom. The minimum atomic E-state index is -0.285. The fourth-order valence-corrected chi connectivity index (χ4v) is 4.62. The molecule has 2 aliphatic rings. The van der Waals surface area contributed by atoms with E-state index in [-0.39, 0.29) is 48.3 Å². The van der Waals surface area contributed by atoms with Gasteiger partial charge in [0.1, 0.15) is 6.10 Å². The number of hydrogen-bond donors (Lipinski definition) is 2. The van der Waals surface area contributed by atoms with E-state index in [1.165, 1.54) is 12.5 Å². The third-order valence-electron chi connectivity index (χ3n) is 6.98. The Balaban J connectivity index is 1.94. The summed E-state index contributed by atoms with van der Waals surface area (Å²) in [6.07, 6.45) is 16.2. The minimum Gasteiger partial charge on any atom is -0.458 e. The molecule has 0 radical (unpaired) electrons. The van der Waals surface area contributed by atoms with Crippen LogP contribution in [0.1, 0.15) is 80.1 Å². The smallest absolute Gasteiger partial charge is 0.303 e. The predicted molar refractivity (Wildman–Crippen MR) is 136 cm³/mol. The van der Waals surface area contributed by atoms with Gasteiger partial charge in [0.15, 0.2) is 0 Å². The van der Waals surface area contributed by atoms with Crippen molar-refractivity contribution in [3.05, 3.63) is 36.0 Å². The molecule has 1 saturated heterocycles. The molecule has 0 aromatic rings. The Morgan fingerprint density at radius 1 is 1.24 bits per heavy atom. The van der Waals surface area contributed by atoms with Crippen LogP contribution in [0.25, 0.3) is 0 Å². The van der Waals surface area contributed by atoms with E-state index < -0.39 is 0 Å². The van der Waals surface area contributed by atoms with E-state index in [0.717, 1.165) is 38.5 Å². The summed E-state index contributed by atoms with van der Waals surface area (Å²) in [5.41, 5.74) is 4.43. The summed E-state index contributed by atoms with van der Waals surface area (Å²) in [6.45, 7) is 12.7. The Bertz CT molecular complexity index is 703. The van der Waals surface area contributed by atoms with Crippen molar-refractivity contribution in [2.24, 2.45) is 17.8 Å². The van der Waals surface area contributed by atoms with Crippen LogP contribution in [0, 0.1) is 17.8 Å². The molecule has 8 atom stereocenters. The van der Waals surface area contributed by atoms with Gasteiger partial charge in [0, 0.05) is 12.8 Å². The van der Waals surface area contributed by atoms with Crippen LogP contribution in [-0.2, 0) is 19.1 Å². The van der Waals surface area contributed by atoms with Gasteiger partial charge in [0.05, 0.1) is 31.0 Å². The quantitative estimate of drug-likeness (QED) is 0.204. The van der Waals surface area contributed by atoms with Gasteiger partial charge in [-0.15, -0.1) is 0 Å². The number of aliphatic hydroxyl groups is 1. The van der Waals surface area contributed by atoms with Gasteiger partial charge in [0.2, 0.25) is 0 Å². The lowest BCUT2D eigenvalue weighted by molar-refractivity contribution is -0.144. The van der Waals surface area contributed by atoms with Crippen LogP contribution in [0.5, 0.6) is 0 Å². The van der Waals surface area contributed by atoms with Gasteiger partial charge in [-0.1, -0.05) is 64.0 Å². The van der Waals surface area contributed by atoms with Gasteiger partial charge in [-0.3, -0.25) is 4.79 Å². The molecule has 0 amide bonds. The Kier molecular flexibility index (Phi) is 12.5. The third kappa shape index (κ3) is 10.0. The highest BCUT2D eigenvalue weighted by atomic mass is 16.6. The molecule has 0 saturated carbocycles. The number of epoxide rings is 1. The highest BCUT2D eigenvalue weighted by molar-refractivity contribution is 5.66. The number of ether oxygens (including phenoxy) is 2.